The second-order valence-electron chi connectivity index (χ2n) is 5.06. The summed E-state index contributed by atoms with van der Waals surface area (Å²) in [5.41, 5.74) is 6.25. The molecule has 1 heterocycles. The summed E-state index contributed by atoms with van der Waals surface area (Å²) in [7, 11) is 0. The Morgan fingerprint density at radius 3 is 2.85 bits per heavy atom. The quantitative estimate of drug-likeness (QED) is 0.828. The Hall–Kier alpha value is -1.37. The van der Waals surface area contributed by atoms with Crippen molar-refractivity contribution in [2.45, 2.75) is 31.1 Å². The molecule has 0 radical (unpaired) electrons. The number of benzene rings is 1. The maximum atomic E-state index is 13.9. The lowest BCUT2D eigenvalue weighted by molar-refractivity contribution is -0.0223. The largest absolute Gasteiger partial charge is 0.366 e. The van der Waals surface area contributed by atoms with Crippen LogP contribution in [0, 0.1) is 5.82 Å². The van der Waals surface area contributed by atoms with E-state index in [0.29, 0.717) is 11.3 Å². The zero-order chi connectivity index (χ0) is 14.7. The number of alkyl halides is 2. The average molecular weight is 347 g/mol. The topological polar surface area (TPSA) is 55.5 Å². The molecule has 2 N–H and O–H groups in total. The third kappa shape index (κ3) is 1.95. The molecule has 1 aromatic carbocycles. The standard InChI is InChI=1S/C13H10BrF3N2O/c14-10-7(15)3-5(12(18)20)11-9(10)6-4-13(16,17)2-1-8(6)19-11/h3,6H,1-2,4H2,(H2,18,20). The SMILES string of the molecule is NC(=O)c1cc(F)c(Br)c2c1N=C1CCC(F)(F)CC12. The highest BCUT2D eigenvalue weighted by molar-refractivity contribution is 9.10. The molecule has 20 heavy (non-hydrogen) atoms. The third-order valence-corrected chi connectivity index (χ3v) is 4.55. The van der Waals surface area contributed by atoms with E-state index < -0.39 is 30.0 Å². The minimum absolute atomic E-state index is 0.0640. The lowest BCUT2D eigenvalue weighted by atomic mass is 9.81. The van der Waals surface area contributed by atoms with Crippen LogP contribution >= 0.6 is 15.9 Å². The van der Waals surface area contributed by atoms with Crippen LogP contribution in [0.15, 0.2) is 15.5 Å². The van der Waals surface area contributed by atoms with E-state index in [0.717, 1.165) is 6.07 Å². The summed E-state index contributed by atoms with van der Waals surface area (Å²) in [5.74, 6) is -4.97. The molecule has 1 aliphatic carbocycles. The number of halogens is 4. The van der Waals surface area contributed by atoms with Crippen molar-refractivity contribution in [2.75, 3.05) is 0 Å². The molecular formula is C13H10BrF3N2O. The summed E-state index contributed by atoms with van der Waals surface area (Å²) in [6.45, 7) is 0. The van der Waals surface area contributed by atoms with Gasteiger partial charge >= 0.3 is 0 Å². The molecule has 0 saturated heterocycles. The van der Waals surface area contributed by atoms with Crippen LogP contribution in [0.5, 0.6) is 0 Å². The normalized spacial score (nSPS) is 23.0. The summed E-state index contributed by atoms with van der Waals surface area (Å²) in [5, 5.41) is 0. The Morgan fingerprint density at radius 1 is 1.50 bits per heavy atom. The number of nitrogens with two attached hydrogens (primary N) is 1. The summed E-state index contributed by atoms with van der Waals surface area (Å²) in [4.78, 5) is 15.6. The number of hydrogen-bond acceptors (Lipinski definition) is 2. The van der Waals surface area contributed by atoms with Gasteiger partial charge in [0.15, 0.2) is 0 Å². The van der Waals surface area contributed by atoms with Gasteiger partial charge in [-0.2, -0.15) is 0 Å². The van der Waals surface area contributed by atoms with Crippen molar-refractivity contribution in [2.24, 2.45) is 10.7 Å². The molecule has 1 aliphatic heterocycles. The van der Waals surface area contributed by atoms with Crippen molar-refractivity contribution in [1.82, 2.24) is 0 Å². The van der Waals surface area contributed by atoms with Crippen LogP contribution in [0.3, 0.4) is 0 Å². The predicted molar refractivity (Wildman–Crippen MR) is 71.3 cm³/mol. The first-order chi connectivity index (χ1) is 9.30. The fraction of sp³-hybridized carbons (Fsp3) is 0.385. The van der Waals surface area contributed by atoms with Gasteiger partial charge in [0.25, 0.3) is 5.91 Å². The van der Waals surface area contributed by atoms with Crippen molar-refractivity contribution in [1.29, 1.82) is 0 Å². The van der Waals surface area contributed by atoms with Crippen molar-refractivity contribution in [3.8, 4) is 0 Å². The number of primary amides is 1. The second kappa shape index (κ2) is 4.31. The van der Waals surface area contributed by atoms with Gasteiger partial charge in [-0.25, -0.2) is 13.2 Å². The van der Waals surface area contributed by atoms with Gasteiger partial charge in [-0.15, -0.1) is 0 Å². The molecule has 1 unspecified atom stereocenters. The molecule has 3 nitrogen and oxygen atoms in total. The molecule has 1 amide bonds. The van der Waals surface area contributed by atoms with Crippen LogP contribution in [0.4, 0.5) is 18.9 Å². The van der Waals surface area contributed by atoms with Crippen LogP contribution < -0.4 is 5.73 Å². The number of hydrogen-bond donors (Lipinski definition) is 1. The van der Waals surface area contributed by atoms with E-state index in [4.69, 9.17) is 5.73 Å². The van der Waals surface area contributed by atoms with Gasteiger partial charge in [0.2, 0.25) is 5.92 Å². The molecule has 0 aromatic heterocycles. The number of fused-ring (bicyclic) bond motifs is 3. The molecule has 2 aliphatic rings. The first-order valence-electron chi connectivity index (χ1n) is 6.07. The molecule has 1 aromatic rings. The molecule has 106 valence electrons. The van der Waals surface area contributed by atoms with Crippen molar-refractivity contribution in [3.63, 3.8) is 0 Å². The van der Waals surface area contributed by atoms with Crippen molar-refractivity contribution >= 4 is 33.2 Å². The van der Waals surface area contributed by atoms with Gasteiger partial charge < -0.3 is 5.73 Å². The van der Waals surface area contributed by atoms with E-state index in [1.165, 1.54) is 0 Å². The molecule has 1 atom stereocenters. The Morgan fingerprint density at radius 2 is 2.20 bits per heavy atom. The van der Waals surface area contributed by atoms with Crippen LogP contribution in [0.1, 0.15) is 41.1 Å². The molecule has 3 rings (SSSR count). The van der Waals surface area contributed by atoms with Gasteiger partial charge in [-0.1, -0.05) is 0 Å². The summed E-state index contributed by atoms with van der Waals surface area (Å²) in [6.07, 6.45) is -0.556. The van der Waals surface area contributed by atoms with Gasteiger partial charge in [-0.05, 0) is 28.4 Å². The molecule has 1 saturated carbocycles. The molecule has 0 bridgehead atoms. The molecule has 0 spiro atoms. The van der Waals surface area contributed by atoms with Crippen LogP contribution in [0.25, 0.3) is 0 Å². The number of nitrogens with zero attached hydrogens (tertiary/aromatic N) is 1. The number of carbonyl (C=O) groups is 1. The highest BCUT2D eigenvalue weighted by Crippen LogP contribution is 2.51. The maximum Gasteiger partial charge on any atom is 0.251 e. The summed E-state index contributed by atoms with van der Waals surface area (Å²) in [6, 6.07) is 0.991. The fourth-order valence-corrected chi connectivity index (χ4v) is 3.39. The average Bonchev–Trinajstić information content (AvgIpc) is 2.70. The number of amides is 1. The van der Waals surface area contributed by atoms with E-state index in [2.05, 4.69) is 20.9 Å². The van der Waals surface area contributed by atoms with Crippen LogP contribution in [-0.2, 0) is 0 Å². The van der Waals surface area contributed by atoms with E-state index in [9.17, 15) is 18.0 Å². The van der Waals surface area contributed by atoms with Gasteiger partial charge in [0.05, 0.1) is 15.7 Å². The predicted octanol–water partition coefficient (Wildman–Crippen LogP) is 3.68. The van der Waals surface area contributed by atoms with Crippen LogP contribution in [0.2, 0.25) is 0 Å². The van der Waals surface area contributed by atoms with Crippen molar-refractivity contribution in [3.05, 3.63) is 27.5 Å². The highest BCUT2D eigenvalue weighted by Gasteiger charge is 2.45. The van der Waals surface area contributed by atoms with E-state index in [1.54, 1.807) is 0 Å². The number of carbonyl (C=O) groups excluding carboxylic acids is 1. The Bertz CT molecular complexity index is 658. The van der Waals surface area contributed by atoms with Gasteiger partial charge in [0.1, 0.15) is 5.82 Å². The fourth-order valence-electron chi connectivity index (χ4n) is 2.81. The third-order valence-electron chi connectivity index (χ3n) is 3.75. The first-order valence-corrected chi connectivity index (χ1v) is 6.86. The number of rotatable bonds is 1. The van der Waals surface area contributed by atoms with E-state index in [1.807, 2.05) is 0 Å². The molecule has 7 heteroatoms. The number of aliphatic imine (C=N–C) groups is 1. The monoisotopic (exact) mass is 346 g/mol. The maximum absolute atomic E-state index is 13.9. The molecular weight excluding hydrogens is 337 g/mol. The zero-order valence-corrected chi connectivity index (χ0v) is 11.8. The second-order valence-corrected chi connectivity index (χ2v) is 5.86. The lowest BCUT2D eigenvalue weighted by Crippen LogP contribution is -2.30. The lowest BCUT2D eigenvalue weighted by Gasteiger charge is -2.28. The Labute approximate surface area is 121 Å². The highest BCUT2D eigenvalue weighted by atomic mass is 79.9. The minimum atomic E-state index is -2.80. The zero-order valence-electron chi connectivity index (χ0n) is 10.2. The Balaban J connectivity index is 2.20. The smallest absolute Gasteiger partial charge is 0.251 e. The Kier molecular flexibility index (Phi) is 2.93. The van der Waals surface area contributed by atoms with Gasteiger partial charge in [-0.3, -0.25) is 9.79 Å². The summed E-state index contributed by atoms with van der Waals surface area (Å²) < 4.78 is 41.1. The van der Waals surface area contributed by atoms with E-state index >= 15 is 0 Å². The minimum Gasteiger partial charge on any atom is -0.366 e. The van der Waals surface area contributed by atoms with E-state index in [-0.39, 0.29) is 28.6 Å². The summed E-state index contributed by atoms with van der Waals surface area (Å²) >= 11 is 3.07. The first kappa shape index (κ1) is 13.6. The molecule has 1 fully saturated rings. The van der Waals surface area contributed by atoms with Crippen molar-refractivity contribution < 1.29 is 18.0 Å². The van der Waals surface area contributed by atoms with Crippen LogP contribution in [-0.4, -0.2) is 17.5 Å². The van der Waals surface area contributed by atoms with Gasteiger partial charge in [0, 0.05) is 30.0 Å².